The minimum Gasteiger partial charge on any atom is -0.330 e. The van der Waals surface area contributed by atoms with E-state index in [4.69, 9.17) is 11.6 Å². The first-order chi connectivity index (χ1) is 19.0. The van der Waals surface area contributed by atoms with Gasteiger partial charge in [-0.15, -0.1) is 0 Å². The highest BCUT2D eigenvalue weighted by atomic mass is 35.5. The number of aromatic nitrogens is 3. The third-order valence-corrected chi connectivity index (χ3v) is 7.75. The molecule has 0 fully saturated rings. The molecule has 2 aromatic heterocycles. The van der Waals surface area contributed by atoms with E-state index >= 15 is 0 Å². The maximum Gasteiger partial charge on any atom is 0.417 e. The van der Waals surface area contributed by atoms with E-state index in [1.165, 1.54) is 0 Å². The van der Waals surface area contributed by atoms with Gasteiger partial charge >= 0.3 is 6.18 Å². The molecule has 0 unspecified atom stereocenters. The highest BCUT2D eigenvalue weighted by Crippen LogP contribution is 2.41. The van der Waals surface area contributed by atoms with Gasteiger partial charge < -0.3 is 10.2 Å². The molecule has 2 bridgehead atoms. The van der Waals surface area contributed by atoms with Crippen molar-refractivity contribution >= 4 is 34.7 Å². The van der Waals surface area contributed by atoms with Crippen LogP contribution in [0.2, 0.25) is 5.02 Å². The molecule has 7 nitrogen and oxygen atoms in total. The monoisotopic (exact) mass is 575 g/mol. The first kappa shape index (κ1) is 27.8. The summed E-state index contributed by atoms with van der Waals surface area (Å²) in [5, 5.41) is 6.78. The molecule has 12 heteroatoms. The van der Waals surface area contributed by atoms with Crippen molar-refractivity contribution in [2.75, 3.05) is 11.9 Å². The summed E-state index contributed by atoms with van der Waals surface area (Å²) in [7, 11) is 1.75. The Morgan fingerprint density at radius 2 is 1.93 bits per heavy atom. The molecule has 3 aromatic rings. The molecule has 0 radical (unpaired) electrons. The number of hydrogen-bond acceptors (Lipinski definition) is 4. The predicted octanol–water partition coefficient (Wildman–Crippen LogP) is 6.41. The molecular formula is C28H26ClF4N5O2. The highest BCUT2D eigenvalue weighted by molar-refractivity contribution is 6.31. The Labute approximate surface area is 232 Å². The normalized spacial score (nSPS) is 20.3. The molecule has 4 heterocycles. The van der Waals surface area contributed by atoms with Gasteiger partial charge in [0.25, 0.3) is 0 Å². The largest absolute Gasteiger partial charge is 0.417 e. The van der Waals surface area contributed by atoms with Gasteiger partial charge in [-0.2, -0.15) is 18.3 Å². The van der Waals surface area contributed by atoms with Gasteiger partial charge in [-0.3, -0.25) is 19.3 Å². The van der Waals surface area contributed by atoms with Crippen LogP contribution in [0.5, 0.6) is 0 Å². The fourth-order valence-electron chi connectivity index (χ4n) is 5.38. The zero-order valence-electron chi connectivity index (χ0n) is 21.7. The number of nitrogens with zero attached hydrogens (tertiary/aromatic N) is 4. The molecule has 210 valence electrons. The summed E-state index contributed by atoms with van der Waals surface area (Å²) < 4.78 is 57.7. The van der Waals surface area contributed by atoms with Crippen molar-refractivity contribution in [1.82, 2.24) is 19.7 Å². The number of amides is 2. The highest BCUT2D eigenvalue weighted by Gasteiger charge is 2.38. The summed E-state index contributed by atoms with van der Waals surface area (Å²) in [5.74, 6) is -2.21. The second-order valence-corrected chi connectivity index (χ2v) is 10.5. The third kappa shape index (κ3) is 5.22. The van der Waals surface area contributed by atoms with Crippen LogP contribution in [0.3, 0.4) is 0 Å². The number of anilines is 1. The second kappa shape index (κ2) is 10.7. The topological polar surface area (TPSA) is 80.1 Å². The van der Waals surface area contributed by atoms with Crippen molar-refractivity contribution in [1.29, 1.82) is 0 Å². The number of carbonyl (C=O) groups excluding carboxylic acids is 2. The van der Waals surface area contributed by atoms with Gasteiger partial charge in [0.1, 0.15) is 5.82 Å². The van der Waals surface area contributed by atoms with Crippen LogP contribution in [-0.4, -0.2) is 38.0 Å². The third-order valence-electron chi connectivity index (χ3n) is 7.46. The predicted molar refractivity (Wildman–Crippen MR) is 142 cm³/mol. The van der Waals surface area contributed by atoms with Gasteiger partial charge in [-0.1, -0.05) is 24.9 Å². The molecule has 1 aromatic carbocycles. The Balaban J connectivity index is 1.54. The minimum absolute atomic E-state index is 0.00698. The maximum absolute atomic E-state index is 14.9. The lowest BCUT2D eigenvalue weighted by molar-refractivity contribution is -0.138. The van der Waals surface area contributed by atoms with E-state index in [2.05, 4.69) is 15.4 Å². The molecule has 5 rings (SSSR count). The first-order valence-electron chi connectivity index (χ1n) is 12.8. The van der Waals surface area contributed by atoms with Crippen LogP contribution in [0.25, 0.3) is 16.8 Å². The van der Waals surface area contributed by atoms with Gasteiger partial charge in [0, 0.05) is 42.9 Å². The van der Waals surface area contributed by atoms with Crippen LogP contribution < -0.4 is 5.32 Å². The summed E-state index contributed by atoms with van der Waals surface area (Å²) in [5.41, 5.74) is 0.616. The van der Waals surface area contributed by atoms with Crippen molar-refractivity contribution in [3.05, 3.63) is 70.4 Å². The Kier molecular flexibility index (Phi) is 7.43. The standard InChI is InChI=1S/C28H26ClF4N5O2/c1-15-4-3-5-22(20-12-17(8-10-34-20)26-21(36-27(15)40)14-35-37(26)2)38-11-9-16(13-23(38)39)24-18(28(31,32)33)6-7-19(29)25(24)30/h6-8,10,12-15,22H,3-5,9,11H2,1-2H3,(H,36,40)/t15-,22+/m1/s1. The number of halogens is 5. The second-order valence-electron chi connectivity index (χ2n) is 10.1. The lowest BCUT2D eigenvalue weighted by Gasteiger charge is -2.35. The number of carbonyl (C=O) groups is 2. The maximum atomic E-state index is 14.9. The number of pyridine rings is 1. The van der Waals surface area contributed by atoms with Gasteiger partial charge in [-0.05, 0) is 49.1 Å². The van der Waals surface area contributed by atoms with Crippen molar-refractivity contribution in [3.63, 3.8) is 0 Å². The molecule has 2 atom stereocenters. The molecule has 0 spiro atoms. The van der Waals surface area contributed by atoms with E-state index in [1.807, 2.05) is 13.0 Å². The zero-order chi connectivity index (χ0) is 28.8. The molecule has 1 N–H and O–H groups in total. The van der Waals surface area contributed by atoms with Crippen LogP contribution in [0, 0.1) is 11.7 Å². The van der Waals surface area contributed by atoms with Crippen molar-refractivity contribution in [2.45, 2.75) is 44.8 Å². The van der Waals surface area contributed by atoms with E-state index in [9.17, 15) is 27.2 Å². The Hall–Kier alpha value is -3.73. The quantitative estimate of drug-likeness (QED) is 0.358. The number of rotatable bonds is 2. The van der Waals surface area contributed by atoms with Gasteiger partial charge in [0.2, 0.25) is 11.8 Å². The van der Waals surface area contributed by atoms with E-state index < -0.39 is 40.1 Å². The Bertz CT molecular complexity index is 1520. The van der Waals surface area contributed by atoms with E-state index in [0.29, 0.717) is 36.3 Å². The van der Waals surface area contributed by atoms with Gasteiger partial charge in [0.15, 0.2) is 0 Å². The molecular weight excluding hydrogens is 550 g/mol. The number of fused-ring (bicyclic) bond motifs is 4. The van der Waals surface area contributed by atoms with Gasteiger partial charge in [0.05, 0.1) is 39.9 Å². The van der Waals surface area contributed by atoms with Crippen molar-refractivity contribution in [3.8, 4) is 11.3 Å². The van der Waals surface area contributed by atoms with E-state index in [-0.39, 0.29) is 30.4 Å². The Morgan fingerprint density at radius 3 is 2.65 bits per heavy atom. The summed E-state index contributed by atoms with van der Waals surface area (Å²) in [6.07, 6.45) is 1.02. The SMILES string of the molecule is C[C@@H]1CCC[C@H](N2CCC(c3c(C(F)(F)F)ccc(Cl)c3F)=CC2=O)c2cc(ccn2)-c2c(cnn2C)NC1=O. The van der Waals surface area contributed by atoms with Crippen LogP contribution >= 0.6 is 11.6 Å². The van der Waals surface area contributed by atoms with Crippen molar-refractivity contribution < 1.29 is 27.2 Å². The zero-order valence-corrected chi connectivity index (χ0v) is 22.5. The molecule has 40 heavy (non-hydrogen) atoms. The summed E-state index contributed by atoms with van der Waals surface area (Å²) in [4.78, 5) is 32.4. The van der Waals surface area contributed by atoms with Crippen LogP contribution in [0.15, 0.2) is 42.7 Å². The number of benzene rings is 1. The molecule has 0 aliphatic carbocycles. The Morgan fingerprint density at radius 1 is 1.15 bits per heavy atom. The van der Waals surface area contributed by atoms with E-state index in [1.54, 1.807) is 35.1 Å². The number of hydrogen-bond donors (Lipinski definition) is 1. The lowest BCUT2D eigenvalue weighted by atomic mass is 9.91. The molecule has 2 aliphatic rings. The first-order valence-corrected chi connectivity index (χ1v) is 13.2. The summed E-state index contributed by atoms with van der Waals surface area (Å²) in [6, 6.07) is 4.68. The fraction of sp³-hybridized carbons (Fsp3) is 0.357. The summed E-state index contributed by atoms with van der Waals surface area (Å²) in [6.45, 7) is 1.87. The van der Waals surface area contributed by atoms with Gasteiger partial charge in [-0.25, -0.2) is 4.39 Å². The molecule has 2 aliphatic heterocycles. The molecule has 0 saturated heterocycles. The van der Waals surface area contributed by atoms with E-state index in [0.717, 1.165) is 23.8 Å². The average Bonchev–Trinajstić information content (AvgIpc) is 3.26. The fourth-order valence-corrected chi connectivity index (χ4v) is 5.54. The number of alkyl halides is 3. The van der Waals surface area contributed by atoms with Crippen LogP contribution in [0.1, 0.15) is 55.5 Å². The molecule has 0 saturated carbocycles. The van der Waals surface area contributed by atoms with Crippen LogP contribution in [-0.2, 0) is 22.8 Å². The smallest absolute Gasteiger partial charge is 0.330 e. The minimum atomic E-state index is -4.83. The van der Waals surface area contributed by atoms with Crippen molar-refractivity contribution in [2.24, 2.45) is 13.0 Å². The number of nitrogens with one attached hydrogen (secondary N) is 1. The molecule has 2 amide bonds. The number of aryl methyl sites for hydroxylation is 1. The lowest BCUT2D eigenvalue weighted by Crippen LogP contribution is -2.38. The average molecular weight is 576 g/mol. The van der Waals surface area contributed by atoms with Crippen LogP contribution in [0.4, 0.5) is 23.2 Å². The summed E-state index contributed by atoms with van der Waals surface area (Å²) >= 11 is 5.82.